The van der Waals surface area contributed by atoms with Gasteiger partial charge in [0, 0.05) is 12.6 Å². The molecule has 0 saturated carbocycles. The predicted octanol–water partition coefficient (Wildman–Crippen LogP) is 2.24. The van der Waals surface area contributed by atoms with Crippen molar-refractivity contribution >= 4 is 11.9 Å². The lowest BCUT2D eigenvalue weighted by Crippen LogP contribution is -2.35. The monoisotopic (exact) mass is 251 g/mol. The van der Waals surface area contributed by atoms with Crippen LogP contribution < -0.4 is 0 Å². The summed E-state index contributed by atoms with van der Waals surface area (Å²) in [7, 11) is 0. The third-order valence-electron chi connectivity index (χ3n) is 3.38. The molecule has 2 heterocycles. The lowest BCUT2D eigenvalue weighted by Gasteiger charge is -2.22. The van der Waals surface area contributed by atoms with Crippen molar-refractivity contribution in [2.45, 2.75) is 32.7 Å². The average Bonchev–Trinajstić information content (AvgIpc) is 2.94. The molecule has 18 heavy (non-hydrogen) atoms. The molecule has 98 valence electrons. The van der Waals surface area contributed by atoms with Gasteiger partial charge in [-0.3, -0.25) is 4.79 Å². The molecule has 2 unspecified atom stereocenters. The smallest absolute Gasteiger partial charge is 0.371 e. The second-order valence-corrected chi connectivity index (χ2v) is 4.83. The van der Waals surface area contributed by atoms with Gasteiger partial charge in [0.05, 0.1) is 0 Å². The van der Waals surface area contributed by atoms with Crippen LogP contribution in [0.4, 0.5) is 0 Å². The van der Waals surface area contributed by atoms with Crippen molar-refractivity contribution in [2.24, 2.45) is 5.92 Å². The molecule has 1 N–H and O–H groups in total. The van der Waals surface area contributed by atoms with Crippen LogP contribution in [-0.2, 0) is 0 Å². The molecule has 0 radical (unpaired) electrons. The van der Waals surface area contributed by atoms with E-state index in [9.17, 15) is 9.59 Å². The van der Waals surface area contributed by atoms with Crippen LogP contribution in [0.15, 0.2) is 16.5 Å². The first-order valence-electron chi connectivity index (χ1n) is 6.17. The van der Waals surface area contributed by atoms with E-state index < -0.39 is 5.97 Å². The highest BCUT2D eigenvalue weighted by atomic mass is 16.4. The van der Waals surface area contributed by atoms with E-state index in [1.165, 1.54) is 12.1 Å². The number of carbonyl (C=O) groups excluding carboxylic acids is 1. The number of furan rings is 1. The number of nitrogens with zero attached hydrogens (tertiary/aromatic N) is 1. The van der Waals surface area contributed by atoms with Crippen LogP contribution in [0.2, 0.25) is 0 Å². The number of rotatable bonds is 3. The van der Waals surface area contributed by atoms with Crippen LogP contribution in [-0.4, -0.2) is 34.5 Å². The fraction of sp³-hybridized carbons (Fsp3) is 0.538. The third kappa shape index (κ3) is 2.25. The Morgan fingerprint density at radius 2 is 2.11 bits per heavy atom. The van der Waals surface area contributed by atoms with E-state index in [-0.39, 0.29) is 23.5 Å². The first-order valence-corrected chi connectivity index (χ1v) is 6.17. The molecule has 1 aliphatic heterocycles. The molecule has 2 atom stereocenters. The molecule has 1 fully saturated rings. The van der Waals surface area contributed by atoms with Gasteiger partial charge >= 0.3 is 5.97 Å². The van der Waals surface area contributed by atoms with Gasteiger partial charge in [0.25, 0.3) is 5.91 Å². The Balaban J connectivity index is 2.17. The summed E-state index contributed by atoms with van der Waals surface area (Å²) in [5.74, 6) is -0.971. The molecule has 1 aromatic rings. The van der Waals surface area contributed by atoms with E-state index in [4.69, 9.17) is 9.52 Å². The van der Waals surface area contributed by atoms with Gasteiger partial charge in [-0.05, 0) is 30.9 Å². The molecule has 2 rings (SSSR count). The van der Waals surface area contributed by atoms with Crippen LogP contribution in [0.1, 0.15) is 47.8 Å². The third-order valence-corrected chi connectivity index (χ3v) is 3.38. The number of carboxylic acids is 1. The normalized spacial score (nSPS) is 23.3. The van der Waals surface area contributed by atoms with Crippen LogP contribution in [0.3, 0.4) is 0 Å². The molecule has 0 spiro atoms. The molecule has 5 nitrogen and oxygen atoms in total. The summed E-state index contributed by atoms with van der Waals surface area (Å²) < 4.78 is 5.06. The van der Waals surface area contributed by atoms with E-state index in [1.807, 2.05) is 6.92 Å². The zero-order chi connectivity index (χ0) is 13.3. The Bertz CT molecular complexity index is 465. The average molecular weight is 251 g/mol. The van der Waals surface area contributed by atoms with Crippen molar-refractivity contribution in [2.75, 3.05) is 6.54 Å². The summed E-state index contributed by atoms with van der Waals surface area (Å²) in [4.78, 5) is 24.7. The maximum absolute atomic E-state index is 12.2. The Hall–Kier alpha value is -1.78. The van der Waals surface area contributed by atoms with Gasteiger partial charge in [-0.1, -0.05) is 13.8 Å². The molecule has 0 aliphatic carbocycles. The number of likely N-dealkylation sites (tertiary alicyclic amines) is 1. The Morgan fingerprint density at radius 3 is 2.67 bits per heavy atom. The summed E-state index contributed by atoms with van der Waals surface area (Å²) in [6.45, 7) is 4.87. The molecule has 1 amide bonds. The highest BCUT2D eigenvalue weighted by Crippen LogP contribution is 2.27. The van der Waals surface area contributed by atoms with Crippen LogP contribution in [0.25, 0.3) is 0 Å². The minimum Gasteiger partial charge on any atom is -0.475 e. The maximum Gasteiger partial charge on any atom is 0.371 e. The molecule has 0 bridgehead atoms. The Morgan fingerprint density at radius 1 is 1.44 bits per heavy atom. The number of amides is 1. The molecule has 1 aromatic heterocycles. The maximum atomic E-state index is 12.2. The predicted molar refractivity (Wildman–Crippen MR) is 64.6 cm³/mol. The van der Waals surface area contributed by atoms with Crippen LogP contribution in [0.5, 0.6) is 0 Å². The minimum absolute atomic E-state index is 0.111. The number of hydrogen-bond acceptors (Lipinski definition) is 3. The summed E-state index contributed by atoms with van der Waals surface area (Å²) >= 11 is 0. The van der Waals surface area contributed by atoms with Crippen molar-refractivity contribution in [3.05, 3.63) is 23.7 Å². The van der Waals surface area contributed by atoms with E-state index >= 15 is 0 Å². The van der Waals surface area contributed by atoms with Gasteiger partial charge in [-0.15, -0.1) is 0 Å². The van der Waals surface area contributed by atoms with E-state index in [0.29, 0.717) is 12.5 Å². The quantitative estimate of drug-likeness (QED) is 0.894. The summed E-state index contributed by atoms with van der Waals surface area (Å²) in [5, 5.41) is 8.77. The highest BCUT2D eigenvalue weighted by Gasteiger charge is 2.33. The lowest BCUT2D eigenvalue weighted by molar-refractivity contribution is 0.0644. The first kappa shape index (κ1) is 12.7. The number of carbonyl (C=O) groups is 2. The molecule has 5 heteroatoms. The molecule has 1 saturated heterocycles. The SMILES string of the molecule is CCC1CC(C)CN1C(=O)c1ccc(C(=O)O)o1. The van der Waals surface area contributed by atoms with E-state index in [0.717, 1.165) is 12.8 Å². The Kier molecular flexibility index (Phi) is 3.41. The molecular formula is C13H17NO4. The van der Waals surface area contributed by atoms with Crippen molar-refractivity contribution in [1.29, 1.82) is 0 Å². The summed E-state index contributed by atoms with van der Waals surface area (Å²) in [6.07, 6.45) is 1.90. The van der Waals surface area contributed by atoms with Gasteiger partial charge in [0.2, 0.25) is 5.76 Å². The van der Waals surface area contributed by atoms with Crippen molar-refractivity contribution in [3.63, 3.8) is 0 Å². The zero-order valence-corrected chi connectivity index (χ0v) is 10.5. The highest BCUT2D eigenvalue weighted by molar-refractivity contribution is 5.93. The van der Waals surface area contributed by atoms with Crippen LogP contribution in [0, 0.1) is 5.92 Å². The lowest BCUT2D eigenvalue weighted by atomic mass is 10.1. The number of carboxylic acid groups (broad SMARTS) is 1. The van der Waals surface area contributed by atoms with Crippen molar-refractivity contribution < 1.29 is 19.1 Å². The number of aromatic carboxylic acids is 1. The van der Waals surface area contributed by atoms with Crippen LogP contribution >= 0.6 is 0 Å². The minimum atomic E-state index is -1.16. The van der Waals surface area contributed by atoms with E-state index in [1.54, 1.807) is 4.90 Å². The second kappa shape index (κ2) is 4.84. The molecular weight excluding hydrogens is 234 g/mol. The van der Waals surface area contributed by atoms with Gasteiger partial charge < -0.3 is 14.4 Å². The van der Waals surface area contributed by atoms with Gasteiger partial charge in [0.1, 0.15) is 0 Å². The van der Waals surface area contributed by atoms with Gasteiger partial charge in [0.15, 0.2) is 5.76 Å². The molecule has 0 aromatic carbocycles. The standard InChI is InChI=1S/C13H17NO4/c1-3-9-6-8(2)7-14(9)12(15)10-4-5-11(18-10)13(16)17/h4-5,8-9H,3,6-7H2,1-2H3,(H,16,17). The largest absolute Gasteiger partial charge is 0.475 e. The second-order valence-electron chi connectivity index (χ2n) is 4.83. The van der Waals surface area contributed by atoms with Gasteiger partial charge in [-0.25, -0.2) is 4.79 Å². The number of hydrogen-bond donors (Lipinski definition) is 1. The first-order chi connectivity index (χ1) is 8.52. The summed E-state index contributed by atoms with van der Waals surface area (Å²) in [6, 6.07) is 2.98. The van der Waals surface area contributed by atoms with Crippen molar-refractivity contribution in [1.82, 2.24) is 4.90 Å². The topological polar surface area (TPSA) is 70.8 Å². The Labute approximate surface area is 105 Å². The molecule has 1 aliphatic rings. The zero-order valence-electron chi connectivity index (χ0n) is 10.5. The van der Waals surface area contributed by atoms with E-state index in [2.05, 4.69) is 6.92 Å². The fourth-order valence-corrected chi connectivity index (χ4v) is 2.50. The van der Waals surface area contributed by atoms with Crippen molar-refractivity contribution in [3.8, 4) is 0 Å². The fourth-order valence-electron chi connectivity index (χ4n) is 2.50. The van der Waals surface area contributed by atoms with Gasteiger partial charge in [-0.2, -0.15) is 0 Å². The summed E-state index contributed by atoms with van der Waals surface area (Å²) in [5.41, 5.74) is 0.